The topological polar surface area (TPSA) is 423 Å². The van der Waals surface area contributed by atoms with Gasteiger partial charge in [0.15, 0.2) is 29.3 Å². The molecule has 1 atom stereocenters. The van der Waals surface area contributed by atoms with Crippen molar-refractivity contribution in [1.82, 2.24) is 9.13 Å². The molecule has 139 heavy (non-hydrogen) atoms. The van der Waals surface area contributed by atoms with Crippen LogP contribution >= 0.6 is 15.9 Å². The van der Waals surface area contributed by atoms with Gasteiger partial charge in [-0.1, -0.05) is 168 Å². The first-order valence-electron chi connectivity index (χ1n) is 51.4. The Labute approximate surface area is 826 Å². The summed E-state index contributed by atoms with van der Waals surface area (Å²) in [7, 11) is 0. The zero-order valence-corrected chi connectivity index (χ0v) is 82.7. The van der Waals surface area contributed by atoms with Gasteiger partial charge in [-0.2, -0.15) is 4.99 Å². The third-order valence-corrected chi connectivity index (χ3v) is 34.5. The van der Waals surface area contributed by atoms with E-state index in [0.29, 0.717) is 65.2 Å². The van der Waals surface area contributed by atoms with Gasteiger partial charge in [-0.15, -0.1) is 0 Å². The molecule has 20 saturated carbocycles. The van der Waals surface area contributed by atoms with Gasteiger partial charge < -0.3 is 57.5 Å². The van der Waals surface area contributed by atoms with E-state index < -0.39 is 29.8 Å². The third-order valence-electron chi connectivity index (χ3n) is 34.0. The van der Waals surface area contributed by atoms with Crippen molar-refractivity contribution in [2.75, 3.05) is 25.1 Å². The van der Waals surface area contributed by atoms with Crippen LogP contribution in [0.1, 0.15) is 275 Å². The van der Waals surface area contributed by atoms with Crippen LogP contribution in [0.25, 0.3) is 22.5 Å². The predicted octanol–water partition coefficient (Wildman–Crippen LogP) is 19.6. The number of nitrogens with zero attached hydrogens (tertiary/aromatic N) is 3. The lowest BCUT2D eigenvalue weighted by atomic mass is 9.48. The quantitative estimate of drug-likeness (QED) is 0.00592. The number of alkyl halides is 1. The molecule has 25 heteroatoms. The van der Waals surface area contributed by atoms with Crippen molar-refractivity contribution in [3.8, 4) is 22.5 Å². The van der Waals surface area contributed by atoms with E-state index in [4.69, 9.17) is 26.7 Å². The van der Waals surface area contributed by atoms with Gasteiger partial charge in [0.05, 0.1) is 25.1 Å². The number of ether oxygens (including phenoxy) is 2. The number of amides is 1. The SMILES string of the molecule is CCOC(=O)C(CC(=O)C12CC3CC(CC(C3)C1)C2)C(=O)c1ccccc1.CCOC(=O)CC(=O)c1ccccc1.N=C(N)N.NC(N)=NC(=O)Cn1c(-c2ccccc2)ccc1C12CC3CC(CC(C3)C1)C2.NCC(=O)O.O=C(CBr)C12CC3CC(CC(C3)C1)C2.O=C(CCC(=O)C12CC3CC(CC(C3)C1)C2)c1ccccc1.O=C(O)Cn1c(-c2ccccc2)ccc1C12CC3CC(CC(C3)C1)C2. The minimum absolute atomic E-state index is 0.0152. The normalized spacial score (nSPS) is 30.3. The van der Waals surface area contributed by atoms with Crippen LogP contribution in [0.3, 0.4) is 0 Å². The number of ketones is 6. The van der Waals surface area contributed by atoms with Crippen LogP contribution in [0.4, 0.5) is 0 Å². The number of hydrogen-bond acceptors (Lipinski definition) is 15. The van der Waals surface area contributed by atoms with Crippen LogP contribution in [0, 0.1) is 116 Å². The number of carbonyl (C=O) groups is 11. The van der Waals surface area contributed by atoms with Crippen molar-refractivity contribution in [3.63, 3.8) is 0 Å². The number of rotatable bonds is 27. The number of hydrogen-bond donors (Lipinski definition) is 8. The fraction of sp³-hybridized carbons (Fsp3) is 0.553. The number of aliphatic imine (C=N–C) groups is 1. The van der Waals surface area contributed by atoms with E-state index >= 15 is 0 Å². The number of carboxylic acids is 2. The molecule has 1 unspecified atom stereocenters. The molecule has 742 valence electrons. The highest BCUT2D eigenvalue weighted by atomic mass is 79.9. The second-order valence-corrected chi connectivity index (χ2v) is 44.7. The Morgan fingerprint density at radius 2 is 0.698 bits per heavy atom. The van der Waals surface area contributed by atoms with Crippen LogP contribution in [-0.4, -0.2) is 121 Å². The van der Waals surface area contributed by atoms with Crippen molar-refractivity contribution in [1.29, 1.82) is 5.41 Å². The maximum Gasteiger partial charge on any atom is 0.323 e. The van der Waals surface area contributed by atoms with Crippen molar-refractivity contribution < 1.29 is 72.4 Å². The van der Waals surface area contributed by atoms with Gasteiger partial charge in [0.25, 0.3) is 5.91 Å². The zero-order valence-electron chi connectivity index (χ0n) is 81.1. The van der Waals surface area contributed by atoms with E-state index in [-0.39, 0.29) is 107 Å². The van der Waals surface area contributed by atoms with Crippen molar-refractivity contribution in [3.05, 3.63) is 204 Å². The summed E-state index contributed by atoms with van der Waals surface area (Å²) in [6.07, 6.45) is 38.5. The zero-order chi connectivity index (χ0) is 98.5. The number of esters is 2. The average Bonchev–Trinajstić information content (AvgIpc) is 1.65. The lowest BCUT2D eigenvalue weighted by Crippen LogP contribution is -2.50. The summed E-state index contributed by atoms with van der Waals surface area (Å²) in [6, 6.07) is 56.2. The standard InChI is InChI=1S/C23H28N4O.C23H28O4.C22H25NO2.C20H24O2.C12H17BrO.C11H12O3.C2H5NO2.CH5N3/c24-22(25)26-21(28)14-27-19(18-4-2-1-3-5-18)6-7-20(27)23-11-15-8-16(12-23)10-17(9-15)13-23;1-2-27-22(26)19(21(25)18-6-4-3-5-7-18)11-20(24)23-12-15-8-16(13-23)10-17(9-15)14-23;24-21(25)14-23-19(18-4-2-1-3-5-18)6-7-20(23)22-11-15-8-16(12-22)10-17(9-15)13-22;21-18(17-4-2-1-3-5-17)6-7-19(22)20-11-14-8-15(12-20)10-16(9-14)13-20;13-7-11(14)12-4-8-1-9(5-12)3-10(2-8)6-12;1-2-14-11(13)8-10(12)9-6-4-3-5-7-9;3-1-2(4)5;2-1(3)4/h1-7,15-17H,8-14H2,(H4,24,25,26,28);3-7,15-17,19H,2,8-14H2,1H3;1-7,15-17H,8-14H2,(H,24,25);1-5,14-16H,6-13H2;8-10H,1-7H2;3-7H,2,8H2,1H3;1,3H2,(H,4,5);(H5,2,3,4). The summed E-state index contributed by atoms with van der Waals surface area (Å²) >= 11 is 3.36. The molecule has 2 aromatic heterocycles. The summed E-state index contributed by atoms with van der Waals surface area (Å²) in [5, 5.41) is 23.8. The minimum Gasteiger partial charge on any atom is -0.480 e. The molecule has 2 heterocycles. The summed E-state index contributed by atoms with van der Waals surface area (Å²) < 4.78 is 14.1. The van der Waals surface area contributed by atoms with Crippen molar-refractivity contribution >= 4 is 92.3 Å². The first-order valence-corrected chi connectivity index (χ1v) is 52.5. The van der Waals surface area contributed by atoms with Crippen LogP contribution in [0.15, 0.2) is 181 Å². The number of nitrogens with two attached hydrogens (primary N) is 5. The molecule has 20 fully saturated rings. The second-order valence-electron chi connectivity index (χ2n) is 44.2. The van der Waals surface area contributed by atoms with E-state index in [2.05, 4.69) is 101 Å². The van der Waals surface area contributed by atoms with Gasteiger partial charge in [0, 0.05) is 85.8 Å². The van der Waals surface area contributed by atoms with Crippen LogP contribution in [0.5, 0.6) is 0 Å². The van der Waals surface area contributed by atoms with E-state index in [0.717, 1.165) is 138 Å². The average molecular weight is 1960 g/mol. The Bertz CT molecular complexity index is 5370. The molecular weight excluding hydrogens is 1820 g/mol. The number of aromatic nitrogens is 2. The molecule has 0 radical (unpaired) electrons. The molecule has 0 aliphatic heterocycles. The smallest absolute Gasteiger partial charge is 0.323 e. The summed E-state index contributed by atoms with van der Waals surface area (Å²) in [4.78, 5) is 136. The molecule has 0 spiro atoms. The fourth-order valence-electron chi connectivity index (χ4n) is 30.8. The van der Waals surface area contributed by atoms with Gasteiger partial charge in [0.1, 0.15) is 42.8 Å². The van der Waals surface area contributed by atoms with Crippen LogP contribution < -0.4 is 28.7 Å². The first kappa shape index (κ1) is 103. The number of Topliss-reactive ketones (excluding diaryl/α,β-unsaturated/α-hetero) is 6. The number of benzene rings is 5. The Kier molecular flexibility index (Phi) is 33.5. The van der Waals surface area contributed by atoms with Gasteiger partial charge in [-0.3, -0.25) is 58.1 Å². The number of halogens is 1. The van der Waals surface area contributed by atoms with Crippen LogP contribution in [0.2, 0.25) is 0 Å². The van der Waals surface area contributed by atoms with E-state index in [1.54, 1.807) is 62.4 Å². The Morgan fingerprint density at radius 1 is 0.396 bits per heavy atom. The number of guanidine groups is 2. The minimum atomic E-state index is -1.02. The van der Waals surface area contributed by atoms with E-state index in [1.165, 1.54) is 165 Å². The first-order chi connectivity index (χ1) is 66.8. The number of nitrogens with one attached hydrogen (secondary N) is 1. The Balaban J connectivity index is 0.000000126. The Hall–Kier alpha value is -10.8. The molecule has 0 saturated heterocycles. The monoisotopic (exact) mass is 1960 g/mol. The second kappa shape index (κ2) is 45.4. The molecule has 20 aliphatic rings. The number of carboxylic acid groups (broad SMARTS) is 2. The molecule has 1 amide bonds. The molecule has 20 aliphatic carbocycles. The van der Waals surface area contributed by atoms with E-state index in [1.807, 2.05) is 78.9 Å². The van der Waals surface area contributed by atoms with Gasteiger partial charge in [-0.25, -0.2) is 0 Å². The molecule has 20 bridgehead atoms. The lowest BCUT2D eigenvalue weighted by molar-refractivity contribution is -0.152. The predicted molar refractivity (Wildman–Crippen MR) is 539 cm³/mol. The molecule has 7 aromatic rings. The summed E-state index contributed by atoms with van der Waals surface area (Å²) in [5.41, 5.74) is 33.3. The number of aliphatic carboxylic acids is 2. The highest BCUT2D eigenvalue weighted by molar-refractivity contribution is 9.09. The van der Waals surface area contributed by atoms with Gasteiger partial charge in [-0.05, 0) is 331 Å². The molecular formula is C114H144BrN9O15. The highest BCUT2D eigenvalue weighted by Gasteiger charge is 2.59. The fourth-order valence-corrected chi connectivity index (χ4v) is 31.4. The molecule has 27 rings (SSSR count). The van der Waals surface area contributed by atoms with Crippen LogP contribution in [-0.2, 0) is 71.7 Å². The lowest BCUT2D eigenvalue weighted by Gasteiger charge is -2.57. The molecule has 13 N–H and O–H groups in total. The van der Waals surface area contributed by atoms with Gasteiger partial charge in [0.2, 0.25) is 0 Å². The largest absolute Gasteiger partial charge is 0.480 e. The van der Waals surface area contributed by atoms with E-state index in [9.17, 15) is 57.8 Å². The molecule has 24 nitrogen and oxygen atoms in total. The maximum absolute atomic E-state index is 13.4. The highest BCUT2D eigenvalue weighted by Crippen LogP contribution is 2.66. The summed E-state index contributed by atoms with van der Waals surface area (Å²) in [5.74, 6) is 8.19. The van der Waals surface area contributed by atoms with Crippen molar-refractivity contribution in [2.24, 2.45) is 145 Å². The number of carbonyl (C=O) groups excluding carboxylic acids is 9. The molecule has 5 aromatic carbocycles. The Morgan fingerprint density at radius 3 is 1.01 bits per heavy atom. The van der Waals surface area contributed by atoms with Crippen molar-refractivity contribution in [2.45, 2.75) is 256 Å². The maximum atomic E-state index is 13.4. The third kappa shape index (κ3) is 24.9. The van der Waals surface area contributed by atoms with Gasteiger partial charge >= 0.3 is 23.9 Å². The summed E-state index contributed by atoms with van der Waals surface area (Å²) in [6.45, 7) is 3.93.